The Bertz CT molecular complexity index is 452. The van der Waals surface area contributed by atoms with Crippen molar-refractivity contribution in [3.63, 3.8) is 0 Å². The summed E-state index contributed by atoms with van der Waals surface area (Å²) < 4.78 is -0.356. The summed E-state index contributed by atoms with van der Waals surface area (Å²) in [6.45, 7) is 4.61. The van der Waals surface area contributed by atoms with Gasteiger partial charge in [0.1, 0.15) is 17.9 Å². The summed E-state index contributed by atoms with van der Waals surface area (Å²) >= 11 is 13.0. The molecule has 0 saturated heterocycles. The van der Waals surface area contributed by atoms with Crippen LogP contribution >= 0.6 is 37.9 Å². The molecule has 3 atom stereocenters. The largest absolute Gasteiger partial charge is 0.544 e. The number of carboxylic acids is 3. The fourth-order valence-electron chi connectivity index (χ4n) is 1.43. The predicted octanol–water partition coefficient (Wildman–Crippen LogP) is -0.600. The minimum atomic E-state index is -1.08. The number of hydrogen-bond acceptors (Lipinski definition) is 9. The molecule has 0 fully saturated rings. The van der Waals surface area contributed by atoms with Crippen molar-refractivity contribution in [1.82, 2.24) is 0 Å². The molecule has 194 valence electrons. The minimum Gasteiger partial charge on any atom is -0.544 e. The Kier molecular flexibility index (Phi) is 33.1. The molecule has 33 heavy (non-hydrogen) atoms. The van der Waals surface area contributed by atoms with E-state index in [-0.39, 0.29) is 32.7 Å². The molecular formula is C20H41O6S6Sn+3. The maximum absolute atomic E-state index is 9.96. The molecule has 0 heterocycles. The van der Waals surface area contributed by atoms with Crippen molar-refractivity contribution in [3.05, 3.63) is 0 Å². The number of unbranched alkanes of at least 4 members (excludes halogenated alkanes) is 2. The van der Waals surface area contributed by atoms with Gasteiger partial charge in [-0.1, -0.05) is 0 Å². The Morgan fingerprint density at radius 1 is 0.667 bits per heavy atom. The first kappa shape index (κ1) is 41.4. The molecule has 3 unspecified atom stereocenters. The first-order valence-corrected chi connectivity index (χ1v) is 19.8. The Labute approximate surface area is 240 Å². The van der Waals surface area contributed by atoms with Gasteiger partial charge in [-0.2, -0.15) is 0 Å². The zero-order valence-electron chi connectivity index (χ0n) is 20.9. The third kappa shape index (κ3) is 33.3. The van der Waals surface area contributed by atoms with Crippen LogP contribution in [0, 0.1) is 5.92 Å². The van der Waals surface area contributed by atoms with E-state index in [1.807, 2.05) is 37.5 Å². The van der Waals surface area contributed by atoms with Gasteiger partial charge in [0.05, 0.1) is 37.5 Å². The van der Waals surface area contributed by atoms with Crippen molar-refractivity contribution in [1.29, 1.82) is 0 Å². The maximum Gasteiger partial charge on any atom is 0.199 e. The van der Waals surface area contributed by atoms with E-state index in [9.17, 15) is 29.7 Å². The summed E-state index contributed by atoms with van der Waals surface area (Å²) in [5, 5.41) is 29.9. The van der Waals surface area contributed by atoms with E-state index in [0.717, 1.165) is 5.92 Å². The Hall–Kier alpha value is 1.31. The van der Waals surface area contributed by atoms with E-state index in [4.69, 9.17) is 0 Å². The number of rotatable bonds is 11. The molecule has 0 amide bonds. The molecule has 6 nitrogen and oxygen atoms in total. The van der Waals surface area contributed by atoms with E-state index in [0.29, 0.717) is 0 Å². The van der Waals surface area contributed by atoms with Gasteiger partial charge in [-0.3, -0.25) is 0 Å². The second-order valence-corrected chi connectivity index (χ2v) is 18.4. The van der Waals surface area contributed by atoms with E-state index < -0.39 is 31.7 Å². The van der Waals surface area contributed by atoms with Crippen LogP contribution in [0.25, 0.3) is 0 Å². The van der Waals surface area contributed by atoms with Crippen molar-refractivity contribution in [2.45, 2.75) is 57.7 Å². The van der Waals surface area contributed by atoms with Gasteiger partial charge in [-0.05, 0) is 0 Å². The molecule has 0 aromatic carbocycles. The zero-order chi connectivity index (χ0) is 27.3. The van der Waals surface area contributed by atoms with Crippen molar-refractivity contribution in [2.24, 2.45) is 5.92 Å². The van der Waals surface area contributed by atoms with Crippen LogP contribution in [0.4, 0.5) is 0 Å². The number of aliphatic carboxylic acids is 3. The van der Waals surface area contributed by atoms with E-state index in [1.165, 1.54) is 30.1 Å². The summed E-state index contributed by atoms with van der Waals surface area (Å²) in [4.78, 5) is 29.9. The first-order valence-electron chi connectivity index (χ1n) is 9.94. The molecule has 0 spiro atoms. The quantitative estimate of drug-likeness (QED) is 0.116. The topological polar surface area (TPSA) is 120 Å². The van der Waals surface area contributed by atoms with Crippen LogP contribution in [0.1, 0.15) is 39.5 Å². The van der Waals surface area contributed by atoms with Crippen molar-refractivity contribution >= 4 is 111 Å². The van der Waals surface area contributed by atoms with Gasteiger partial charge in [0, 0.05) is 32.7 Å². The summed E-state index contributed by atoms with van der Waals surface area (Å²) in [6.07, 6.45) is 16.7. The molecule has 0 radical (unpaired) electrons. The molecule has 0 N–H and O–H groups in total. The van der Waals surface area contributed by atoms with Gasteiger partial charge >= 0.3 is 72.4 Å². The smallest absolute Gasteiger partial charge is 0.199 e. The zero-order valence-corrected chi connectivity index (χ0v) is 28.8. The Morgan fingerprint density at radius 2 is 0.939 bits per heavy atom. The summed E-state index contributed by atoms with van der Waals surface area (Å²) in [7, 11) is -0.565. The van der Waals surface area contributed by atoms with Crippen molar-refractivity contribution < 1.29 is 29.7 Å². The molecule has 0 aromatic rings. The second-order valence-electron chi connectivity index (χ2n) is 7.65. The van der Waals surface area contributed by atoms with E-state index >= 15 is 0 Å². The van der Waals surface area contributed by atoms with E-state index in [1.54, 1.807) is 22.5 Å². The summed E-state index contributed by atoms with van der Waals surface area (Å²) in [6, 6.07) is 0. The summed E-state index contributed by atoms with van der Waals surface area (Å²) in [5.74, 6) is -2.33. The third-order valence-electron chi connectivity index (χ3n) is 3.40. The molecule has 0 aliphatic rings. The number of thiol groups is 3. The van der Waals surface area contributed by atoms with E-state index in [2.05, 4.69) is 51.7 Å². The SMILES string of the molecule is CC(C)CCCC[CH2][Sn+3].C[S+](C)C(S)C(=O)[O-].C[S+](C)C(S)C(=O)[O-].C[S+](C)C(S)C(=O)[O-]. The third-order valence-corrected chi connectivity index (χ3v) is 12.1. The second kappa shape index (κ2) is 26.4. The average molecular weight is 689 g/mol. The fraction of sp³-hybridized carbons (Fsp3) is 0.850. The number of carbonyl (C=O) groups excluding carboxylic acids is 3. The normalized spacial score (nSPS) is 13.1. The monoisotopic (exact) mass is 689 g/mol. The molecule has 0 bridgehead atoms. The molecule has 13 heteroatoms. The van der Waals surface area contributed by atoms with Crippen LogP contribution in [0.15, 0.2) is 0 Å². The molecule has 0 rings (SSSR count). The minimum absolute atomic E-state index is 0.188. The van der Waals surface area contributed by atoms with Gasteiger partial charge in [-0.15, -0.1) is 37.9 Å². The van der Waals surface area contributed by atoms with Crippen molar-refractivity contribution in [3.8, 4) is 0 Å². The summed E-state index contributed by atoms with van der Waals surface area (Å²) in [5.41, 5.74) is 0. The van der Waals surface area contributed by atoms with Gasteiger partial charge in [-0.25, -0.2) is 0 Å². The first-order chi connectivity index (χ1) is 14.9. The Morgan fingerprint density at radius 3 is 1.06 bits per heavy atom. The fourth-order valence-corrected chi connectivity index (χ4v) is 3.30. The van der Waals surface area contributed by atoms with Crippen LogP contribution in [-0.2, 0) is 47.1 Å². The number of carboxylic acid groups (broad SMARTS) is 3. The Balaban J connectivity index is -0.000000170. The number of carbonyl (C=O) groups is 3. The molecule has 0 saturated carbocycles. The average Bonchev–Trinajstić information content (AvgIpc) is 2.70. The van der Waals surface area contributed by atoms with Gasteiger partial charge in [0.15, 0.2) is 13.7 Å². The number of hydrogen-bond donors (Lipinski definition) is 3. The standard InChI is InChI=1S/C8H17.3C4H8O2S2.Sn/c1-4-5-6-7-8(2)3;3*1-8(2)4(7)3(5)6;/h8H,1,4-7H2,2-3H3;3*4H,1-2H3,(H-,5,6,7);/q;;;;+3. The molecule has 0 aliphatic carbocycles. The maximum atomic E-state index is 9.96. The van der Waals surface area contributed by atoms with Crippen LogP contribution < -0.4 is 15.3 Å². The van der Waals surface area contributed by atoms with Crippen LogP contribution in [0.5, 0.6) is 0 Å². The van der Waals surface area contributed by atoms with Crippen LogP contribution in [-0.4, -0.2) is 91.7 Å². The van der Waals surface area contributed by atoms with Crippen LogP contribution in [0.2, 0.25) is 4.44 Å². The van der Waals surface area contributed by atoms with Gasteiger partial charge < -0.3 is 29.7 Å². The molecule has 0 aliphatic heterocycles. The molecule has 0 aromatic heterocycles. The molecular weight excluding hydrogens is 647 g/mol. The van der Waals surface area contributed by atoms with Crippen LogP contribution in [0.3, 0.4) is 0 Å². The predicted molar refractivity (Wildman–Crippen MR) is 155 cm³/mol. The van der Waals surface area contributed by atoms with Gasteiger partial charge in [0.2, 0.25) is 0 Å². The van der Waals surface area contributed by atoms with Crippen molar-refractivity contribution in [2.75, 3.05) is 37.5 Å². The van der Waals surface area contributed by atoms with Gasteiger partial charge in [0.25, 0.3) is 0 Å².